The van der Waals surface area contributed by atoms with E-state index in [0.717, 1.165) is 12.0 Å². The van der Waals surface area contributed by atoms with Gasteiger partial charge in [0.05, 0.1) is 11.1 Å². The predicted octanol–water partition coefficient (Wildman–Crippen LogP) is 6.27. The van der Waals surface area contributed by atoms with E-state index in [9.17, 15) is 14.4 Å². The van der Waals surface area contributed by atoms with Crippen molar-refractivity contribution in [3.63, 3.8) is 0 Å². The van der Waals surface area contributed by atoms with Crippen molar-refractivity contribution in [2.24, 2.45) is 5.41 Å². The van der Waals surface area contributed by atoms with Crippen molar-refractivity contribution in [2.45, 2.75) is 53.9 Å². The SMILES string of the molecule is CC(C=CC1=C(C)CCCC1(C)C)=CC=CC(C)=CC(=O)ON1C(=O)c2ccccc2C1=O. The molecule has 0 N–H and O–H groups in total. The number of fused-ring (bicyclic) bond motifs is 1. The maximum absolute atomic E-state index is 12.3. The van der Waals surface area contributed by atoms with Crippen LogP contribution in [0.5, 0.6) is 0 Å². The molecule has 1 aliphatic carbocycles. The Morgan fingerprint density at radius 3 is 2.27 bits per heavy atom. The normalized spacial score (nSPS) is 19.1. The van der Waals surface area contributed by atoms with Crippen LogP contribution in [0.2, 0.25) is 0 Å². The summed E-state index contributed by atoms with van der Waals surface area (Å²) in [5, 5.41) is 0.513. The van der Waals surface area contributed by atoms with E-state index < -0.39 is 17.8 Å². The number of amides is 2. The van der Waals surface area contributed by atoms with Crippen LogP contribution in [0.15, 0.2) is 83.0 Å². The second-order valence-corrected chi connectivity index (χ2v) is 9.28. The third kappa shape index (κ3) is 5.67. The second kappa shape index (κ2) is 9.99. The van der Waals surface area contributed by atoms with Gasteiger partial charge in [0, 0.05) is 6.08 Å². The fraction of sp³-hybridized carbons (Fsp3) is 0.321. The highest BCUT2D eigenvalue weighted by atomic mass is 16.7. The molecule has 5 nitrogen and oxygen atoms in total. The Balaban J connectivity index is 1.60. The van der Waals surface area contributed by atoms with E-state index in [1.165, 1.54) is 42.2 Å². The second-order valence-electron chi connectivity index (χ2n) is 9.28. The quantitative estimate of drug-likeness (QED) is 0.294. The molecular weight excluding hydrogens is 414 g/mol. The van der Waals surface area contributed by atoms with Gasteiger partial charge in [-0.2, -0.15) is 0 Å². The molecular formula is C28H31NO4. The van der Waals surface area contributed by atoms with Crippen LogP contribution < -0.4 is 0 Å². The molecule has 0 atom stereocenters. The molecule has 0 aromatic heterocycles. The van der Waals surface area contributed by atoms with Crippen LogP contribution in [0.4, 0.5) is 0 Å². The highest BCUT2D eigenvalue weighted by Crippen LogP contribution is 2.40. The first kappa shape index (κ1) is 24.2. The molecule has 1 heterocycles. The van der Waals surface area contributed by atoms with E-state index in [4.69, 9.17) is 4.84 Å². The molecule has 5 heteroatoms. The van der Waals surface area contributed by atoms with Crippen molar-refractivity contribution in [2.75, 3.05) is 0 Å². The zero-order chi connectivity index (χ0) is 24.2. The molecule has 2 aliphatic rings. The highest BCUT2D eigenvalue weighted by molar-refractivity contribution is 6.21. The van der Waals surface area contributed by atoms with Crippen molar-refractivity contribution in [3.8, 4) is 0 Å². The molecule has 33 heavy (non-hydrogen) atoms. The summed E-state index contributed by atoms with van der Waals surface area (Å²) >= 11 is 0. The zero-order valence-electron chi connectivity index (χ0n) is 20.0. The molecule has 0 bridgehead atoms. The average Bonchev–Trinajstić information content (AvgIpc) is 2.98. The number of hydrogen-bond acceptors (Lipinski definition) is 4. The first-order valence-electron chi connectivity index (χ1n) is 11.2. The third-order valence-corrected chi connectivity index (χ3v) is 6.06. The van der Waals surface area contributed by atoms with Gasteiger partial charge in [-0.25, -0.2) is 4.79 Å². The minimum Gasteiger partial charge on any atom is -0.325 e. The Morgan fingerprint density at radius 2 is 1.67 bits per heavy atom. The molecule has 1 aromatic carbocycles. The van der Waals surface area contributed by atoms with E-state index in [-0.39, 0.29) is 16.5 Å². The smallest absolute Gasteiger partial charge is 0.325 e. The highest BCUT2D eigenvalue weighted by Gasteiger charge is 2.38. The van der Waals surface area contributed by atoms with E-state index in [1.54, 1.807) is 25.1 Å². The fourth-order valence-corrected chi connectivity index (χ4v) is 4.23. The van der Waals surface area contributed by atoms with Gasteiger partial charge < -0.3 is 4.84 Å². The van der Waals surface area contributed by atoms with Gasteiger partial charge >= 0.3 is 5.97 Å². The average molecular weight is 446 g/mol. The maximum Gasteiger partial charge on any atom is 0.357 e. The van der Waals surface area contributed by atoms with Gasteiger partial charge in [-0.05, 0) is 68.7 Å². The molecule has 3 rings (SSSR count). The topological polar surface area (TPSA) is 63.7 Å². The minimum absolute atomic E-state index is 0.202. The lowest BCUT2D eigenvalue weighted by atomic mass is 9.72. The molecule has 0 unspecified atom stereocenters. The number of imide groups is 1. The molecule has 0 saturated heterocycles. The fourth-order valence-electron chi connectivity index (χ4n) is 4.23. The van der Waals surface area contributed by atoms with Crippen molar-refractivity contribution in [3.05, 3.63) is 94.1 Å². The molecule has 1 aromatic rings. The zero-order valence-corrected chi connectivity index (χ0v) is 20.0. The summed E-state index contributed by atoms with van der Waals surface area (Å²) < 4.78 is 0. The van der Waals surface area contributed by atoms with Crippen molar-refractivity contribution in [1.82, 2.24) is 5.06 Å². The lowest BCUT2D eigenvalue weighted by Crippen LogP contribution is -2.32. The molecule has 0 radical (unpaired) electrons. The monoisotopic (exact) mass is 445 g/mol. The molecule has 0 saturated carbocycles. The molecule has 0 spiro atoms. The number of rotatable bonds is 6. The molecule has 1 aliphatic heterocycles. The van der Waals surface area contributed by atoms with E-state index in [1.807, 2.05) is 19.1 Å². The summed E-state index contributed by atoms with van der Waals surface area (Å²) in [6.45, 7) is 10.6. The van der Waals surface area contributed by atoms with Crippen molar-refractivity contribution in [1.29, 1.82) is 0 Å². The van der Waals surface area contributed by atoms with Crippen LogP contribution in [0.1, 0.15) is 74.6 Å². The molecule has 0 fully saturated rings. The largest absolute Gasteiger partial charge is 0.357 e. The van der Waals surface area contributed by atoms with Gasteiger partial charge in [0.15, 0.2) is 0 Å². The molecule has 172 valence electrons. The van der Waals surface area contributed by atoms with Gasteiger partial charge in [-0.3, -0.25) is 9.59 Å². The van der Waals surface area contributed by atoms with Gasteiger partial charge in [-0.1, -0.05) is 72.6 Å². The van der Waals surface area contributed by atoms with Gasteiger partial charge in [-0.15, -0.1) is 0 Å². The summed E-state index contributed by atoms with van der Waals surface area (Å²) in [6, 6.07) is 6.37. The maximum atomic E-state index is 12.3. The Morgan fingerprint density at radius 1 is 1.03 bits per heavy atom. The van der Waals surface area contributed by atoms with Gasteiger partial charge in [0.25, 0.3) is 11.8 Å². The minimum atomic E-state index is -0.783. The Kier molecular flexibility index (Phi) is 7.32. The van der Waals surface area contributed by atoms with Crippen LogP contribution in [-0.4, -0.2) is 22.8 Å². The van der Waals surface area contributed by atoms with Crippen molar-refractivity contribution >= 4 is 17.8 Å². The lowest BCUT2D eigenvalue weighted by Gasteiger charge is -2.32. The van der Waals surface area contributed by atoms with Crippen molar-refractivity contribution < 1.29 is 19.2 Å². The van der Waals surface area contributed by atoms with Gasteiger partial charge in [0.2, 0.25) is 0 Å². The van der Waals surface area contributed by atoms with Crippen LogP contribution >= 0.6 is 0 Å². The number of hydroxylamine groups is 2. The molecule has 2 amide bonds. The number of hydrogen-bond donors (Lipinski definition) is 0. The van der Waals surface area contributed by atoms with Crippen LogP contribution in [0.3, 0.4) is 0 Å². The first-order valence-corrected chi connectivity index (χ1v) is 11.2. The summed E-state index contributed by atoms with van der Waals surface area (Å²) in [5.41, 5.74) is 5.26. The Hall–Kier alpha value is -3.47. The number of allylic oxidation sites excluding steroid dienone is 9. The Labute approximate surface area is 195 Å². The third-order valence-electron chi connectivity index (χ3n) is 6.06. The van der Waals surface area contributed by atoms with Crippen LogP contribution in [0, 0.1) is 5.41 Å². The first-order chi connectivity index (χ1) is 15.6. The number of benzene rings is 1. The predicted molar refractivity (Wildman–Crippen MR) is 129 cm³/mol. The number of carbonyl (C=O) groups excluding carboxylic acids is 3. The summed E-state index contributed by atoms with van der Waals surface area (Å²) in [7, 11) is 0. The van der Waals surface area contributed by atoms with Gasteiger partial charge in [0.1, 0.15) is 0 Å². The number of nitrogens with zero attached hydrogens (tertiary/aromatic N) is 1. The standard InChI is InChI=1S/C28H31NO4/c1-19(15-16-24-21(3)12-9-17-28(24,4)5)10-8-11-20(2)18-25(30)33-29-26(31)22-13-6-7-14-23(22)27(29)32/h6-8,10-11,13-16,18H,9,12,17H2,1-5H3. The van der Waals surface area contributed by atoms with Crippen LogP contribution in [-0.2, 0) is 9.63 Å². The van der Waals surface area contributed by atoms with E-state index >= 15 is 0 Å². The van der Waals surface area contributed by atoms with E-state index in [2.05, 4.69) is 32.9 Å². The summed E-state index contributed by atoms with van der Waals surface area (Å²) in [6.07, 6.45) is 14.8. The summed E-state index contributed by atoms with van der Waals surface area (Å²) in [5.74, 6) is -2.06. The summed E-state index contributed by atoms with van der Waals surface area (Å²) in [4.78, 5) is 41.8. The van der Waals surface area contributed by atoms with E-state index in [0.29, 0.717) is 10.6 Å². The lowest BCUT2D eigenvalue weighted by molar-refractivity contribution is -0.162. The van der Waals surface area contributed by atoms with Crippen LogP contribution in [0.25, 0.3) is 0 Å². The Bertz CT molecular complexity index is 1090. The number of carbonyl (C=O) groups is 3.